The van der Waals surface area contributed by atoms with Crippen LogP contribution in [0.25, 0.3) is 11.0 Å². The molecule has 0 unspecified atom stereocenters. The average Bonchev–Trinajstić information content (AvgIpc) is 3.47. The minimum atomic E-state index is -4.61. The summed E-state index contributed by atoms with van der Waals surface area (Å²) < 4.78 is 47.6. The summed E-state index contributed by atoms with van der Waals surface area (Å²) in [5, 5.41) is 6.12. The molecular formula is C31H33F3N6O3. The zero-order chi connectivity index (χ0) is 30.7. The molecule has 1 saturated heterocycles. The lowest BCUT2D eigenvalue weighted by Crippen LogP contribution is -2.45. The van der Waals surface area contributed by atoms with Gasteiger partial charge in [0.2, 0.25) is 0 Å². The SMILES string of the molecule is CCN1CCN(Cc2ccc(C(=O)Nc3ccc(C)c(NC(=O)c4cnc5[nH]ccc5c4OC)c3)cc2C(F)(F)F)CC1. The summed E-state index contributed by atoms with van der Waals surface area (Å²) in [6.45, 7) is 7.90. The van der Waals surface area contributed by atoms with Crippen molar-refractivity contribution in [2.24, 2.45) is 0 Å². The molecule has 4 aromatic rings. The number of hydrogen-bond donors (Lipinski definition) is 3. The molecule has 1 aliphatic heterocycles. The Labute approximate surface area is 247 Å². The van der Waals surface area contributed by atoms with E-state index in [-0.39, 0.29) is 23.2 Å². The van der Waals surface area contributed by atoms with Crippen molar-refractivity contribution in [1.29, 1.82) is 0 Å². The number of aromatic nitrogens is 2. The maximum Gasteiger partial charge on any atom is 0.416 e. The van der Waals surface area contributed by atoms with Gasteiger partial charge in [0.25, 0.3) is 11.8 Å². The van der Waals surface area contributed by atoms with Crippen molar-refractivity contribution in [3.05, 3.63) is 82.7 Å². The Bertz CT molecular complexity index is 1640. The van der Waals surface area contributed by atoms with Crippen LogP contribution in [0, 0.1) is 6.92 Å². The maximum atomic E-state index is 14.1. The van der Waals surface area contributed by atoms with E-state index in [0.29, 0.717) is 46.8 Å². The van der Waals surface area contributed by atoms with Gasteiger partial charge < -0.3 is 25.3 Å². The van der Waals surface area contributed by atoms with Gasteiger partial charge in [0.05, 0.1) is 18.1 Å². The number of ether oxygens (including phenoxy) is 1. The fourth-order valence-electron chi connectivity index (χ4n) is 5.22. The van der Waals surface area contributed by atoms with Crippen LogP contribution in [0.4, 0.5) is 24.5 Å². The Hall–Kier alpha value is -4.42. The largest absolute Gasteiger partial charge is 0.495 e. The van der Waals surface area contributed by atoms with Crippen molar-refractivity contribution < 1.29 is 27.5 Å². The van der Waals surface area contributed by atoms with E-state index in [1.165, 1.54) is 25.4 Å². The molecule has 2 aromatic heterocycles. The fraction of sp³-hybridized carbons (Fsp3) is 0.323. The minimum absolute atomic E-state index is 0.117. The van der Waals surface area contributed by atoms with E-state index >= 15 is 0 Å². The van der Waals surface area contributed by atoms with E-state index in [4.69, 9.17) is 4.74 Å². The van der Waals surface area contributed by atoms with Crippen molar-refractivity contribution >= 4 is 34.2 Å². The van der Waals surface area contributed by atoms with Crippen molar-refractivity contribution in [2.75, 3.05) is 50.5 Å². The Morgan fingerprint density at radius 3 is 2.44 bits per heavy atom. The molecule has 0 radical (unpaired) electrons. The number of aryl methyl sites for hydroxylation is 1. The lowest BCUT2D eigenvalue weighted by Gasteiger charge is -2.34. The van der Waals surface area contributed by atoms with Crippen molar-refractivity contribution in [3.63, 3.8) is 0 Å². The molecule has 3 heterocycles. The lowest BCUT2D eigenvalue weighted by molar-refractivity contribution is -0.138. The minimum Gasteiger partial charge on any atom is -0.495 e. The number of rotatable bonds is 8. The molecule has 0 aliphatic carbocycles. The second-order valence-electron chi connectivity index (χ2n) is 10.5. The second kappa shape index (κ2) is 12.4. The van der Waals surface area contributed by atoms with Gasteiger partial charge in [-0.2, -0.15) is 13.2 Å². The number of piperazine rings is 1. The molecule has 2 aromatic carbocycles. The van der Waals surface area contributed by atoms with Crippen LogP contribution in [0.3, 0.4) is 0 Å². The molecular weight excluding hydrogens is 561 g/mol. The monoisotopic (exact) mass is 594 g/mol. The maximum absolute atomic E-state index is 14.1. The van der Waals surface area contributed by atoms with E-state index in [2.05, 4.69) is 32.4 Å². The van der Waals surface area contributed by atoms with Gasteiger partial charge in [-0.3, -0.25) is 14.5 Å². The number of nitrogens with zero attached hydrogens (tertiary/aromatic N) is 3. The van der Waals surface area contributed by atoms with Gasteiger partial charge in [-0.1, -0.05) is 19.1 Å². The number of aromatic amines is 1. The second-order valence-corrected chi connectivity index (χ2v) is 10.5. The summed E-state index contributed by atoms with van der Waals surface area (Å²) >= 11 is 0. The molecule has 3 N–H and O–H groups in total. The van der Waals surface area contributed by atoms with E-state index in [1.54, 1.807) is 37.4 Å². The number of hydrogen-bond acceptors (Lipinski definition) is 6. The Kier molecular flexibility index (Phi) is 8.69. The van der Waals surface area contributed by atoms with Crippen molar-refractivity contribution in [1.82, 2.24) is 19.8 Å². The third-order valence-electron chi connectivity index (χ3n) is 7.71. The molecule has 12 heteroatoms. The standard InChI is InChI=1S/C31H33F3N6O3/c1-4-39-11-13-40(14-12-39)18-21-7-6-20(15-25(21)31(32,33)34)29(41)37-22-8-5-19(2)26(16-22)38-30(42)24-17-36-28-23(9-10-35-28)27(24)43-3/h5-10,15-17H,4,11-14,18H2,1-3H3,(H,35,36)(H,37,41)(H,38,42). The molecule has 5 rings (SSSR count). The molecule has 0 bridgehead atoms. The van der Waals surface area contributed by atoms with Gasteiger partial charge in [0, 0.05) is 62.1 Å². The summed E-state index contributed by atoms with van der Waals surface area (Å²) in [6, 6.07) is 10.3. The van der Waals surface area contributed by atoms with Gasteiger partial charge in [0.15, 0.2) is 0 Å². The van der Waals surface area contributed by atoms with Crippen LogP contribution in [0.5, 0.6) is 5.75 Å². The number of methoxy groups -OCH3 is 1. The number of H-pyrrole nitrogens is 1. The molecule has 43 heavy (non-hydrogen) atoms. The Morgan fingerprint density at radius 2 is 1.74 bits per heavy atom. The molecule has 0 spiro atoms. The van der Waals surface area contributed by atoms with Crippen LogP contribution in [0.1, 0.15) is 44.3 Å². The van der Waals surface area contributed by atoms with Gasteiger partial charge in [0.1, 0.15) is 17.0 Å². The first-order valence-electron chi connectivity index (χ1n) is 14.0. The summed E-state index contributed by atoms with van der Waals surface area (Å²) in [5.74, 6) is -0.808. The quantitative estimate of drug-likeness (QED) is 0.248. The summed E-state index contributed by atoms with van der Waals surface area (Å²) in [5.41, 5.74) is 1.42. The first kappa shape index (κ1) is 30.1. The van der Waals surface area contributed by atoms with E-state index in [1.807, 2.05) is 4.90 Å². The number of alkyl halides is 3. The van der Waals surface area contributed by atoms with Crippen molar-refractivity contribution in [2.45, 2.75) is 26.6 Å². The van der Waals surface area contributed by atoms with E-state index < -0.39 is 23.6 Å². The summed E-state index contributed by atoms with van der Waals surface area (Å²) in [6.07, 6.45) is -1.52. The van der Waals surface area contributed by atoms with Crippen LogP contribution in [0.2, 0.25) is 0 Å². The van der Waals surface area contributed by atoms with Crippen LogP contribution >= 0.6 is 0 Å². The smallest absolute Gasteiger partial charge is 0.416 e. The van der Waals surface area contributed by atoms with Crippen LogP contribution in [-0.2, 0) is 12.7 Å². The van der Waals surface area contributed by atoms with Gasteiger partial charge >= 0.3 is 6.18 Å². The number of fused-ring (bicyclic) bond motifs is 1. The predicted molar refractivity (Wildman–Crippen MR) is 159 cm³/mol. The topological polar surface area (TPSA) is 103 Å². The number of halogens is 3. The average molecular weight is 595 g/mol. The number of amides is 2. The summed E-state index contributed by atoms with van der Waals surface area (Å²) in [7, 11) is 1.46. The first-order chi connectivity index (χ1) is 20.6. The third-order valence-corrected chi connectivity index (χ3v) is 7.71. The van der Waals surface area contributed by atoms with E-state index in [9.17, 15) is 22.8 Å². The number of anilines is 2. The Morgan fingerprint density at radius 1 is 1.00 bits per heavy atom. The highest BCUT2D eigenvalue weighted by atomic mass is 19.4. The van der Waals surface area contributed by atoms with Crippen LogP contribution in [0.15, 0.2) is 54.9 Å². The van der Waals surface area contributed by atoms with E-state index in [0.717, 1.165) is 25.7 Å². The van der Waals surface area contributed by atoms with Gasteiger partial charge in [-0.05, 0) is 54.9 Å². The zero-order valence-corrected chi connectivity index (χ0v) is 24.1. The number of likely N-dealkylation sites (N-methyl/N-ethyl adjacent to an activating group) is 1. The van der Waals surface area contributed by atoms with Gasteiger partial charge in [-0.25, -0.2) is 4.98 Å². The Balaban J connectivity index is 1.32. The molecule has 1 aliphatic rings. The number of pyridine rings is 1. The highest BCUT2D eigenvalue weighted by molar-refractivity contribution is 6.10. The third kappa shape index (κ3) is 6.65. The normalized spacial score (nSPS) is 14.6. The highest BCUT2D eigenvalue weighted by Gasteiger charge is 2.34. The first-order valence-corrected chi connectivity index (χ1v) is 14.0. The van der Waals surface area contributed by atoms with Crippen molar-refractivity contribution in [3.8, 4) is 5.75 Å². The molecule has 9 nitrogen and oxygen atoms in total. The van der Waals surface area contributed by atoms with Crippen LogP contribution < -0.4 is 15.4 Å². The summed E-state index contributed by atoms with van der Waals surface area (Å²) in [4.78, 5) is 37.7. The molecule has 0 saturated carbocycles. The fourth-order valence-corrected chi connectivity index (χ4v) is 5.22. The van der Waals surface area contributed by atoms with Crippen LogP contribution in [-0.4, -0.2) is 71.4 Å². The lowest BCUT2D eigenvalue weighted by atomic mass is 10.0. The number of carbonyl (C=O) groups excluding carboxylic acids is 2. The zero-order valence-electron chi connectivity index (χ0n) is 24.1. The number of nitrogens with one attached hydrogen (secondary N) is 3. The number of carbonyl (C=O) groups is 2. The molecule has 1 fully saturated rings. The highest BCUT2D eigenvalue weighted by Crippen LogP contribution is 2.34. The molecule has 226 valence electrons. The predicted octanol–water partition coefficient (Wildman–Crippen LogP) is 5.54. The number of benzene rings is 2. The van der Waals surface area contributed by atoms with Gasteiger partial charge in [-0.15, -0.1) is 0 Å². The molecule has 0 atom stereocenters. The molecule has 2 amide bonds.